The van der Waals surface area contributed by atoms with Crippen molar-refractivity contribution in [1.82, 2.24) is 9.78 Å². The minimum Gasteiger partial charge on any atom is -0.298 e. The van der Waals surface area contributed by atoms with Gasteiger partial charge in [0.1, 0.15) is 11.5 Å². The molecule has 0 N–H and O–H groups in total. The summed E-state index contributed by atoms with van der Waals surface area (Å²) in [7, 11) is 0. The van der Waals surface area contributed by atoms with Gasteiger partial charge in [0, 0.05) is 18.3 Å². The second-order valence-electron chi connectivity index (χ2n) is 5.13. The Balaban J connectivity index is 2.34. The standard InChI is InChI=1S/C15H16ClFN2O/c1-10(2)5-6-19-8-12(9-20)15(18-19)11-3-4-14(17)13(16)7-11/h3-4,7-10H,5-6H2,1-2H3. The van der Waals surface area contributed by atoms with E-state index in [1.165, 1.54) is 12.1 Å². The molecule has 1 aromatic carbocycles. The lowest BCUT2D eigenvalue weighted by atomic mass is 10.1. The van der Waals surface area contributed by atoms with Gasteiger partial charge < -0.3 is 0 Å². The van der Waals surface area contributed by atoms with Gasteiger partial charge in [-0.1, -0.05) is 25.4 Å². The van der Waals surface area contributed by atoms with Crippen LogP contribution in [0.15, 0.2) is 24.4 Å². The minimum atomic E-state index is -0.484. The molecule has 0 spiro atoms. The van der Waals surface area contributed by atoms with Gasteiger partial charge in [-0.3, -0.25) is 9.48 Å². The highest BCUT2D eigenvalue weighted by atomic mass is 35.5. The van der Waals surface area contributed by atoms with Crippen LogP contribution in [0.25, 0.3) is 11.3 Å². The van der Waals surface area contributed by atoms with Crippen LogP contribution in [0, 0.1) is 11.7 Å². The van der Waals surface area contributed by atoms with Crippen LogP contribution in [0.2, 0.25) is 5.02 Å². The van der Waals surface area contributed by atoms with Gasteiger partial charge in [0.2, 0.25) is 0 Å². The second-order valence-corrected chi connectivity index (χ2v) is 5.53. The van der Waals surface area contributed by atoms with Crippen LogP contribution in [0.5, 0.6) is 0 Å². The average molecular weight is 295 g/mol. The summed E-state index contributed by atoms with van der Waals surface area (Å²) in [5, 5.41) is 4.42. The quantitative estimate of drug-likeness (QED) is 0.775. The van der Waals surface area contributed by atoms with Crippen LogP contribution in [0.1, 0.15) is 30.6 Å². The normalized spacial score (nSPS) is 11.1. The third kappa shape index (κ3) is 3.25. The Morgan fingerprint density at radius 1 is 1.45 bits per heavy atom. The van der Waals surface area contributed by atoms with E-state index in [9.17, 15) is 9.18 Å². The molecule has 106 valence electrons. The van der Waals surface area contributed by atoms with E-state index in [-0.39, 0.29) is 5.02 Å². The molecule has 0 unspecified atom stereocenters. The van der Waals surface area contributed by atoms with Crippen molar-refractivity contribution in [2.75, 3.05) is 0 Å². The van der Waals surface area contributed by atoms with Gasteiger partial charge in [0.05, 0.1) is 10.6 Å². The number of rotatable bonds is 5. The van der Waals surface area contributed by atoms with Crippen molar-refractivity contribution in [3.8, 4) is 11.3 Å². The Hall–Kier alpha value is -1.68. The largest absolute Gasteiger partial charge is 0.298 e. The first kappa shape index (κ1) is 14.7. The number of benzene rings is 1. The molecule has 0 aliphatic heterocycles. The number of halogens is 2. The van der Waals surface area contributed by atoms with Crippen molar-refractivity contribution < 1.29 is 9.18 Å². The lowest BCUT2D eigenvalue weighted by molar-refractivity contribution is 0.112. The molecule has 0 amide bonds. The molecule has 20 heavy (non-hydrogen) atoms. The molecule has 0 aliphatic carbocycles. The number of hydrogen-bond donors (Lipinski definition) is 0. The molecular weight excluding hydrogens is 279 g/mol. The van der Waals surface area contributed by atoms with E-state index in [0.29, 0.717) is 22.7 Å². The second kappa shape index (κ2) is 6.18. The first-order chi connectivity index (χ1) is 9.51. The van der Waals surface area contributed by atoms with Crippen molar-refractivity contribution in [1.29, 1.82) is 0 Å². The highest BCUT2D eigenvalue weighted by molar-refractivity contribution is 6.31. The Morgan fingerprint density at radius 2 is 2.20 bits per heavy atom. The van der Waals surface area contributed by atoms with E-state index in [4.69, 9.17) is 11.6 Å². The van der Waals surface area contributed by atoms with Crippen molar-refractivity contribution in [2.45, 2.75) is 26.8 Å². The summed E-state index contributed by atoms with van der Waals surface area (Å²) in [6.07, 6.45) is 3.44. The fourth-order valence-corrected chi connectivity index (χ4v) is 2.08. The number of hydrogen-bond acceptors (Lipinski definition) is 2. The summed E-state index contributed by atoms with van der Waals surface area (Å²) in [6.45, 7) is 5.00. The summed E-state index contributed by atoms with van der Waals surface area (Å²) in [5.74, 6) is 0.0740. The molecule has 0 atom stereocenters. The van der Waals surface area contributed by atoms with Crippen LogP contribution in [-0.4, -0.2) is 16.1 Å². The van der Waals surface area contributed by atoms with E-state index >= 15 is 0 Å². The fourth-order valence-electron chi connectivity index (χ4n) is 1.90. The van der Waals surface area contributed by atoms with Crippen LogP contribution in [0.4, 0.5) is 4.39 Å². The highest BCUT2D eigenvalue weighted by Crippen LogP contribution is 2.26. The monoisotopic (exact) mass is 294 g/mol. The molecular formula is C15H16ClFN2O. The van der Waals surface area contributed by atoms with E-state index < -0.39 is 5.82 Å². The number of aldehydes is 1. The highest BCUT2D eigenvalue weighted by Gasteiger charge is 2.12. The van der Waals surface area contributed by atoms with Gasteiger partial charge in [-0.2, -0.15) is 5.10 Å². The first-order valence-electron chi connectivity index (χ1n) is 6.49. The summed E-state index contributed by atoms with van der Waals surface area (Å²) in [4.78, 5) is 11.1. The maximum atomic E-state index is 13.2. The summed E-state index contributed by atoms with van der Waals surface area (Å²) < 4.78 is 14.9. The van der Waals surface area contributed by atoms with Crippen LogP contribution in [0.3, 0.4) is 0 Å². The van der Waals surface area contributed by atoms with Crippen molar-refractivity contribution >= 4 is 17.9 Å². The molecule has 1 aromatic heterocycles. The Labute approximate surface area is 122 Å². The van der Waals surface area contributed by atoms with Gasteiger partial charge in [-0.15, -0.1) is 0 Å². The molecule has 0 bridgehead atoms. The maximum Gasteiger partial charge on any atom is 0.153 e. The van der Waals surface area contributed by atoms with Crippen LogP contribution in [-0.2, 0) is 6.54 Å². The molecule has 0 saturated carbocycles. The summed E-state index contributed by atoms with van der Waals surface area (Å²) >= 11 is 5.77. The lowest BCUT2D eigenvalue weighted by Crippen LogP contribution is -2.02. The number of nitrogens with zero attached hydrogens (tertiary/aromatic N) is 2. The average Bonchev–Trinajstić information content (AvgIpc) is 2.83. The number of aryl methyl sites for hydroxylation is 1. The first-order valence-corrected chi connectivity index (χ1v) is 6.87. The minimum absolute atomic E-state index is 0.0241. The van der Waals surface area contributed by atoms with Gasteiger partial charge in [-0.05, 0) is 30.5 Å². The molecule has 2 rings (SSSR count). The molecule has 0 fully saturated rings. The Kier molecular flexibility index (Phi) is 4.55. The predicted molar refractivity (Wildman–Crippen MR) is 77.5 cm³/mol. The zero-order valence-electron chi connectivity index (χ0n) is 11.4. The van der Waals surface area contributed by atoms with Gasteiger partial charge in [0.15, 0.2) is 6.29 Å². The topological polar surface area (TPSA) is 34.9 Å². The SMILES string of the molecule is CC(C)CCn1cc(C=O)c(-c2ccc(F)c(Cl)c2)n1. The van der Waals surface area contributed by atoms with Gasteiger partial charge in [0.25, 0.3) is 0 Å². The fraction of sp³-hybridized carbons (Fsp3) is 0.333. The maximum absolute atomic E-state index is 13.2. The molecule has 1 heterocycles. The van der Waals surface area contributed by atoms with Crippen molar-refractivity contribution in [2.24, 2.45) is 5.92 Å². The molecule has 5 heteroatoms. The van der Waals surface area contributed by atoms with Crippen LogP contribution < -0.4 is 0 Å². The molecule has 0 radical (unpaired) electrons. The number of carbonyl (C=O) groups is 1. The third-order valence-electron chi connectivity index (χ3n) is 3.05. The zero-order chi connectivity index (χ0) is 14.7. The summed E-state index contributed by atoms with van der Waals surface area (Å²) in [5.41, 5.74) is 1.66. The molecule has 2 aromatic rings. The Bertz CT molecular complexity index is 622. The van der Waals surface area contributed by atoms with E-state index in [2.05, 4.69) is 18.9 Å². The van der Waals surface area contributed by atoms with E-state index in [1.54, 1.807) is 16.9 Å². The zero-order valence-corrected chi connectivity index (χ0v) is 12.2. The van der Waals surface area contributed by atoms with Gasteiger partial charge in [-0.25, -0.2) is 4.39 Å². The van der Waals surface area contributed by atoms with E-state index in [1.807, 2.05) is 0 Å². The van der Waals surface area contributed by atoms with Gasteiger partial charge >= 0.3 is 0 Å². The van der Waals surface area contributed by atoms with E-state index in [0.717, 1.165) is 19.3 Å². The number of carbonyl (C=O) groups excluding carboxylic acids is 1. The molecule has 0 saturated heterocycles. The Morgan fingerprint density at radius 3 is 2.80 bits per heavy atom. The summed E-state index contributed by atoms with van der Waals surface area (Å²) in [6, 6.07) is 4.34. The van der Waals surface area contributed by atoms with Crippen molar-refractivity contribution in [3.63, 3.8) is 0 Å². The van der Waals surface area contributed by atoms with Crippen molar-refractivity contribution in [3.05, 3.63) is 40.8 Å². The molecule has 0 aliphatic rings. The predicted octanol–water partition coefficient (Wildman–Crippen LogP) is 4.20. The van der Waals surface area contributed by atoms with Crippen LogP contribution >= 0.6 is 11.6 Å². The smallest absolute Gasteiger partial charge is 0.153 e. The number of aromatic nitrogens is 2. The molecule has 3 nitrogen and oxygen atoms in total. The lowest BCUT2D eigenvalue weighted by Gasteiger charge is -2.04. The third-order valence-corrected chi connectivity index (χ3v) is 3.34.